The van der Waals surface area contributed by atoms with Crippen LogP contribution in [0.2, 0.25) is 0 Å². The molecule has 10 unspecified atom stereocenters. The molecular weight excluding hydrogens is 1190 g/mol. The second kappa shape index (κ2) is 34.5. The van der Waals surface area contributed by atoms with Gasteiger partial charge in [-0.1, -0.05) is 167 Å². The maximum absolute atomic E-state index is 12.7. The fraction of sp³-hybridized carbons (Fsp3) is 0.435. The molecule has 14 rings (SSSR count). The molecule has 0 saturated heterocycles. The van der Waals surface area contributed by atoms with Crippen molar-refractivity contribution in [2.45, 2.75) is 186 Å². The van der Waals surface area contributed by atoms with Crippen LogP contribution in [-0.4, -0.2) is 70.5 Å². The predicted octanol–water partition coefficient (Wildman–Crippen LogP) is 22.0. The minimum atomic E-state index is 0.176. The number of ketones is 1. The molecule has 94 heavy (non-hydrogen) atoms. The zero-order valence-corrected chi connectivity index (χ0v) is 62.7. The van der Waals surface area contributed by atoms with Crippen LogP contribution in [0.4, 0.5) is 28.4 Å². The van der Waals surface area contributed by atoms with E-state index in [-0.39, 0.29) is 5.78 Å². The first kappa shape index (κ1) is 74.2. The molecule has 0 saturated carbocycles. The molecule has 5 aliphatic heterocycles. The number of anilines is 5. The maximum atomic E-state index is 12.7. The van der Waals surface area contributed by atoms with Crippen molar-refractivity contribution in [1.82, 2.24) is 0 Å². The molecule has 8 aromatic rings. The summed E-state index contributed by atoms with van der Waals surface area (Å²) in [7, 11) is 8.77. The van der Waals surface area contributed by atoms with E-state index in [1.54, 1.807) is 22.7 Å². The minimum absolute atomic E-state index is 0.176. The number of para-hydroxylation sites is 2. The second-order valence-corrected chi connectivity index (χ2v) is 28.9. The van der Waals surface area contributed by atoms with Crippen LogP contribution in [0.3, 0.4) is 0 Å². The van der Waals surface area contributed by atoms with E-state index in [9.17, 15) is 9.59 Å². The monoisotopic (exact) mass is 1300 g/mol. The molecule has 502 valence electrons. The Kier molecular flexibility index (Phi) is 27.2. The summed E-state index contributed by atoms with van der Waals surface area (Å²) in [6.45, 7) is 37.3. The Morgan fingerprint density at radius 1 is 0.415 bits per heavy atom. The normalized spacial score (nSPS) is 22.8. The lowest BCUT2D eigenvalue weighted by Crippen LogP contribution is -2.39. The van der Waals surface area contributed by atoms with Crippen LogP contribution in [0.25, 0.3) is 27.0 Å². The predicted molar refractivity (Wildman–Crippen MR) is 414 cm³/mol. The first-order chi connectivity index (χ1) is 45.2. The molecular formula is C85H113N5O2S2. The first-order valence-corrected chi connectivity index (χ1v) is 37.0. The van der Waals surface area contributed by atoms with Crippen LogP contribution < -0.4 is 24.9 Å². The molecule has 0 bridgehead atoms. The summed E-state index contributed by atoms with van der Waals surface area (Å²) in [5.74, 6) is 3.77. The molecule has 6 aromatic carbocycles. The number of rotatable bonds is 4. The number of allylic oxidation sites excluding steroid dienone is 1. The average Bonchev–Trinajstić information content (AvgIpc) is 1.18. The largest absolute Gasteiger partial charge is 0.382 e. The van der Waals surface area contributed by atoms with Crippen molar-refractivity contribution < 1.29 is 9.59 Å². The van der Waals surface area contributed by atoms with Gasteiger partial charge in [0.15, 0.2) is 12.1 Å². The van der Waals surface area contributed by atoms with Crippen molar-refractivity contribution >= 4 is 69.3 Å². The lowest BCUT2D eigenvalue weighted by atomic mass is 9.87. The fourth-order valence-corrected chi connectivity index (χ4v) is 15.6. The van der Waals surface area contributed by atoms with E-state index in [2.05, 4.69) is 257 Å². The Labute approximate surface area is 576 Å². The summed E-state index contributed by atoms with van der Waals surface area (Å²) in [6, 6.07) is 56.9. The van der Waals surface area contributed by atoms with Crippen molar-refractivity contribution in [1.29, 1.82) is 0 Å². The third-order valence-electron chi connectivity index (χ3n) is 20.8. The Morgan fingerprint density at radius 2 is 0.809 bits per heavy atom. The van der Waals surface area contributed by atoms with Gasteiger partial charge in [-0.05, 0) is 221 Å². The molecule has 6 aliphatic rings. The number of Topliss-reactive ketones (excluding diaryl/α,β-unsaturated/α-hetero) is 1. The molecule has 1 aliphatic carbocycles. The van der Waals surface area contributed by atoms with Crippen molar-refractivity contribution in [2.24, 2.45) is 29.6 Å². The lowest BCUT2D eigenvalue weighted by molar-refractivity contribution is 0.104. The Bertz CT molecular complexity index is 3750. The van der Waals surface area contributed by atoms with Crippen LogP contribution in [0.15, 0.2) is 157 Å². The van der Waals surface area contributed by atoms with Crippen molar-refractivity contribution in [2.75, 3.05) is 53.1 Å². The number of nitrogens with one attached hydrogen (secondary N) is 1. The summed E-state index contributed by atoms with van der Waals surface area (Å²) >= 11 is 3.32. The zero-order chi connectivity index (χ0) is 68.7. The van der Waals surface area contributed by atoms with Gasteiger partial charge >= 0.3 is 0 Å². The number of hydrogen-bond acceptors (Lipinski definition) is 9. The number of fused-ring (bicyclic) bond motifs is 6. The van der Waals surface area contributed by atoms with Crippen molar-refractivity contribution in [3.63, 3.8) is 0 Å². The molecule has 7 heterocycles. The highest BCUT2D eigenvalue weighted by Crippen LogP contribution is 2.41. The Balaban J connectivity index is 0.000000170. The van der Waals surface area contributed by atoms with E-state index in [0.717, 1.165) is 69.8 Å². The number of carbonyl (C=O) groups excluding carboxylic acids is 2. The number of hydrogen-bond donors (Lipinski definition) is 1. The molecule has 9 heteroatoms. The maximum Gasteiger partial charge on any atom is 0.189 e. The molecule has 0 spiro atoms. The Hall–Kier alpha value is -7.20. The van der Waals surface area contributed by atoms with Gasteiger partial charge in [0.05, 0.1) is 4.88 Å². The quantitative estimate of drug-likeness (QED) is 0.139. The third-order valence-corrected chi connectivity index (χ3v) is 22.9. The van der Waals surface area contributed by atoms with E-state index in [4.69, 9.17) is 0 Å². The highest BCUT2D eigenvalue weighted by molar-refractivity contribution is 7.17. The number of benzene rings is 6. The highest BCUT2D eigenvalue weighted by Gasteiger charge is 2.30. The summed E-state index contributed by atoms with van der Waals surface area (Å²) in [5.41, 5.74) is 20.9. The number of aldehydes is 1. The molecule has 1 N–H and O–H groups in total. The van der Waals surface area contributed by atoms with Gasteiger partial charge < -0.3 is 24.9 Å². The van der Waals surface area contributed by atoms with Gasteiger partial charge in [-0.2, -0.15) is 0 Å². The summed E-state index contributed by atoms with van der Waals surface area (Å²) < 4.78 is 0. The second-order valence-electron chi connectivity index (χ2n) is 26.7. The van der Waals surface area contributed by atoms with Gasteiger partial charge in [-0.15, -0.1) is 22.7 Å². The van der Waals surface area contributed by atoms with E-state index in [1.165, 1.54) is 102 Å². The Morgan fingerprint density at radius 3 is 1.30 bits per heavy atom. The van der Waals surface area contributed by atoms with E-state index >= 15 is 0 Å². The van der Waals surface area contributed by atoms with Crippen LogP contribution in [0.5, 0.6) is 0 Å². The number of nitrogens with zero attached hydrogens (tertiary/aromatic N) is 4. The number of aryl methyl sites for hydroxylation is 1. The smallest absolute Gasteiger partial charge is 0.189 e. The van der Waals surface area contributed by atoms with Gasteiger partial charge in [-0.3, -0.25) is 9.59 Å². The highest BCUT2D eigenvalue weighted by atomic mass is 32.1. The van der Waals surface area contributed by atoms with E-state index < -0.39 is 0 Å². The van der Waals surface area contributed by atoms with Crippen molar-refractivity contribution in [3.8, 4) is 20.9 Å². The minimum Gasteiger partial charge on any atom is -0.382 e. The average molecular weight is 1300 g/mol. The van der Waals surface area contributed by atoms with E-state index in [1.807, 2.05) is 71.9 Å². The third kappa shape index (κ3) is 17.4. The molecule has 0 amide bonds. The van der Waals surface area contributed by atoms with Crippen LogP contribution in [0.1, 0.15) is 175 Å². The summed E-state index contributed by atoms with van der Waals surface area (Å²) in [6.07, 6.45) is 9.65. The van der Waals surface area contributed by atoms with Crippen LogP contribution >= 0.6 is 22.7 Å². The van der Waals surface area contributed by atoms with Gasteiger partial charge in [0.25, 0.3) is 0 Å². The van der Waals surface area contributed by atoms with Gasteiger partial charge in [-0.25, -0.2) is 0 Å². The molecule has 10 atom stereocenters. The number of thiophene rings is 2. The standard InChI is InChI=1S/C26H25NOS.C17H19NOS.C13H19N.C12H17N.C11H15N.3C2H6/c1-16-12-20-14-19(8-10-24(20)27(3)17(16)2)25-11-9-22(29-25)15-21-13-18-6-4-5-7-23(18)26(21)28;1-11-8-14-9-13(17-7-5-15(10-19)20-17)4-6-16(14)18(3)12(11)2;1-9-5-6-13-12(7-9)8-10(2)11(3)14(13)4;1-9-8-11-6-4-5-7-12(11)13(3)10(9)2;1-8-7-10-5-3-4-6-11(10)12-9(8)2;3*1-2/h4-11,14-17H,12-13H2,1-3H3;4-7,9-12H,8H2,1-3H3;5-7,10-11H,8H2,1-4H3;4-7,9-10H,8H2,1-3H3;3-6,8-9,12H,7H2,1-2H3;3*1-2H3/b21-15+;;;;;;;. The molecule has 7 nitrogen and oxygen atoms in total. The fourth-order valence-electron chi connectivity index (χ4n) is 13.8. The molecule has 0 radical (unpaired) electrons. The van der Waals surface area contributed by atoms with Gasteiger partial charge in [0, 0.05) is 119 Å². The number of carbonyl (C=O) groups is 2. The zero-order valence-electron chi connectivity index (χ0n) is 61.0. The molecule has 2 aromatic heterocycles. The first-order valence-electron chi connectivity index (χ1n) is 35.4. The van der Waals surface area contributed by atoms with Crippen molar-refractivity contribution in [3.05, 3.63) is 211 Å². The van der Waals surface area contributed by atoms with Crippen LogP contribution in [0, 0.1) is 36.5 Å². The van der Waals surface area contributed by atoms with Gasteiger partial charge in [0.1, 0.15) is 0 Å². The topological polar surface area (TPSA) is 59.1 Å². The van der Waals surface area contributed by atoms with Crippen LogP contribution in [-0.2, 0) is 38.5 Å². The summed E-state index contributed by atoms with van der Waals surface area (Å²) in [5, 5.41) is 3.51. The van der Waals surface area contributed by atoms with E-state index in [0.29, 0.717) is 42.0 Å². The summed E-state index contributed by atoms with van der Waals surface area (Å²) in [4.78, 5) is 37.4. The molecule has 0 fully saturated rings. The SMILES string of the molecule is CC.CC.CC.CC1Cc2cc(-c3ccc(/C=C4\Cc5ccccc5C4=O)s3)ccc2N(C)C1C.CC1Cc2cc(-c3ccc(C=O)s3)ccc2N(C)C1C.CC1Cc2ccccc2N(C)C1C.CC1Cc2ccccc2NC1C.Cc1ccc2c(c1)CC(C)C(C)N2C. The lowest BCUT2D eigenvalue weighted by Gasteiger charge is -2.38. The van der Waals surface area contributed by atoms with Gasteiger partial charge in [0.2, 0.25) is 0 Å².